The van der Waals surface area contributed by atoms with E-state index in [1.54, 1.807) is 40.8 Å². The Hall–Kier alpha value is -6.62. The van der Waals surface area contributed by atoms with E-state index < -0.39 is 6.36 Å². The molecule has 1 amide bonds. The van der Waals surface area contributed by atoms with Crippen molar-refractivity contribution in [3.05, 3.63) is 129 Å². The van der Waals surface area contributed by atoms with Crippen molar-refractivity contribution in [3.8, 4) is 11.4 Å². The molecule has 9 rings (SSSR count). The Labute approximate surface area is 334 Å². The highest BCUT2D eigenvalue weighted by Gasteiger charge is 2.32. The molecular weight excluding hydrogens is 769 g/mol. The Morgan fingerprint density at radius 3 is 2.51 bits per heavy atom. The molecule has 2 aliphatic rings. The number of alkyl halides is 3. The van der Waals surface area contributed by atoms with Gasteiger partial charge in [0.1, 0.15) is 28.4 Å². The van der Waals surface area contributed by atoms with Crippen molar-refractivity contribution in [2.24, 2.45) is 0 Å². The first-order valence-electron chi connectivity index (χ1n) is 19.2. The van der Waals surface area contributed by atoms with Crippen molar-refractivity contribution in [1.29, 1.82) is 0 Å². The number of pyridine rings is 2. The molecule has 0 radical (unpaired) electrons. The number of imidazole rings is 1. The molecule has 7 heterocycles. The number of anilines is 2. The highest BCUT2D eigenvalue weighted by atomic mass is 19.4. The Morgan fingerprint density at radius 2 is 1.78 bits per heavy atom. The molecule has 13 nitrogen and oxygen atoms in total. The van der Waals surface area contributed by atoms with Gasteiger partial charge >= 0.3 is 12.1 Å². The van der Waals surface area contributed by atoms with Crippen molar-refractivity contribution in [2.75, 3.05) is 25.0 Å². The average Bonchev–Trinajstić information content (AvgIpc) is 3.70. The van der Waals surface area contributed by atoms with Crippen LogP contribution in [0.25, 0.3) is 27.9 Å². The second kappa shape index (κ2) is 15.0. The molecule has 2 aromatic carbocycles. The number of rotatable bonds is 8. The van der Waals surface area contributed by atoms with E-state index in [4.69, 9.17) is 4.98 Å². The van der Waals surface area contributed by atoms with Gasteiger partial charge in [-0.05, 0) is 112 Å². The van der Waals surface area contributed by atoms with Gasteiger partial charge in [-0.1, -0.05) is 12.1 Å². The van der Waals surface area contributed by atoms with E-state index in [-0.39, 0.29) is 53.9 Å². The number of hydrogen-bond acceptors (Lipinski definition) is 9. The number of aromatic nitrogens is 7. The van der Waals surface area contributed by atoms with E-state index in [9.17, 15) is 22.8 Å². The molecule has 0 bridgehead atoms. The summed E-state index contributed by atoms with van der Waals surface area (Å²) in [6, 6.07) is 17.4. The second-order valence-electron chi connectivity index (χ2n) is 14.8. The Balaban J connectivity index is 1.02. The van der Waals surface area contributed by atoms with Gasteiger partial charge in [-0.15, -0.1) is 13.2 Å². The first-order chi connectivity index (χ1) is 28.4. The molecule has 17 heteroatoms. The van der Waals surface area contributed by atoms with Crippen LogP contribution in [0.15, 0.2) is 83.9 Å². The van der Waals surface area contributed by atoms with E-state index >= 15 is 4.39 Å². The zero-order chi connectivity index (χ0) is 41.0. The lowest BCUT2D eigenvalue weighted by atomic mass is 10.0. The lowest BCUT2D eigenvalue weighted by Crippen LogP contribution is -2.37. The van der Waals surface area contributed by atoms with E-state index in [1.165, 1.54) is 41.1 Å². The molecule has 0 aliphatic carbocycles. The molecule has 1 fully saturated rings. The third-order valence-corrected chi connectivity index (χ3v) is 11.0. The summed E-state index contributed by atoms with van der Waals surface area (Å²) in [6.45, 7) is 6.00. The predicted molar refractivity (Wildman–Crippen MR) is 212 cm³/mol. The van der Waals surface area contributed by atoms with Gasteiger partial charge in [-0.2, -0.15) is 4.98 Å². The number of hydrogen-bond donors (Lipinski definition) is 2. The first-order valence-corrected chi connectivity index (χ1v) is 19.2. The summed E-state index contributed by atoms with van der Waals surface area (Å²) in [5, 5.41) is 7.34. The normalized spacial score (nSPS) is 14.8. The SMILES string of the molecule is Cc1ccc(Cn2c3c(c4cccnc42)CCN(C(=O)c2ccc(-n4c(=O)n(C5CCNCC5)c5nc(Nc6ccc(OC(F)(F)F)cc6)nc(C)c54)cn2)C3)c(F)c1. The summed E-state index contributed by atoms with van der Waals surface area (Å²) in [7, 11) is 0. The Bertz CT molecular complexity index is 2790. The quantitative estimate of drug-likeness (QED) is 0.157. The van der Waals surface area contributed by atoms with Crippen LogP contribution in [0, 0.1) is 19.7 Å². The fourth-order valence-corrected chi connectivity index (χ4v) is 8.20. The van der Waals surface area contributed by atoms with Gasteiger partial charge in [-0.25, -0.2) is 24.1 Å². The van der Waals surface area contributed by atoms with E-state index in [0.717, 1.165) is 27.9 Å². The standard InChI is InChI=1S/C42H38F4N10O3/c1-24-5-6-26(33(43)20-24)22-54-35-23-53(19-15-31(35)32-4-3-16-48-37(32)54)39(57)34-12-9-29(21-49-34)55-36-25(2)50-40(51-27-7-10-30(11-8-27)59-42(44,45)46)52-38(36)56(41(55)58)28-13-17-47-18-14-28/h3-12,16,20-21,28,47H,13-15,17-19,22-23H2,1-2H3,(H,50,51,52). The van der Waals surface area contributed by atoms with Crippen molar-refractivity contribution < 1.29 is 27.1 Å². The molecule has 5 aromatic heterocycles. The van der Waals surface area contributed by atoms with Crippen molar-refractivity contribution >= 4 is 39.7 Å². The summed E-state index contributed by atoms with van der Waals surface area (Å²) in [5.74, 6) is -0.798. The molecule has 0 spiro atoms. The average molecular weight is 807 g/mol. The van der Waals surface area contributed by atoms with Crippen LogP contribution in [-0.2, 0) is 19.5 Å². The lowest BCUT2D eigenvalue weighted by molar-refractivity contribution is -0.274. The number of ether oxygens (including phenoxy) is 1. The monoisotopic (exact) mass is 806 g/mol. The zero-order valence-corrected chi connectivity index (χ0v) is 32.1. The molecule has 302 valence electrons. The smallest absolute Gasteiger partial charge is 0.406 e. The summed E-state index contributed by atoms with van der Waals surface area (Å²) in [5.41, 5.74) is 6.08. The van der Waals surface area contributed by atoms with Gasteiger partial charge in [-0.3, -0.25) is 13.9 Å². The Morgan fingerprint density at radius 1 is 0.983 bits per heavy atom. The van der Waals surface area contributed by atoms with E-state index in [2.05, 4.69) is 30.3 Å². The van der Waals surface area contributed by atoms with E-state index in [0.29, 0.717) is 72.7 Å². The fourth-order valence-electron chi connectivity index (χ4n) is 8.20. The predicted octanol–water partition coefficient (Wildman–Crippen LogP) is 6.90. The van der Waals surface area contributed by atoms with Gasteiger partial charge in [0.15, 0.2) is 5.65 Å². The maximum Gasteiger partial charge on any atom is 0.573 e. The molecule has 7 aromatic rings. The van der Waals surface area contributed by atoms with Gasteiger partial charge in [0.25, 0.3) is 5.91 Å². The summed E-state index contributed by atoms with van der Waals surface area (Å²) in [6.07, 6.45) is 0.346. The molecule has 1 saturated heterocycles. The maximum atomic E-state index is 15.1. The number of carbonyl (C=O) groups excluding carboxylic acids is 1. The van der Waals surface area contributed by atoms with Crippen molar-refractivity contribution in [1.82, 2.24) is 43.9 Å². The number of carbonyl (C=O) groups is 1. The minimum absolute atomic E-state index is 0.155. The van der Waals surface area contributed by atoms with Crippen LogP contribution in [0.5, 0.6) is 5.75 Å². The molecule has 0 unspecified atom stereocenters. The number of nitrogens with zero attached hydrogens (tertiary/aromatic N) is 8. The van der Waals surface area contributed by atoms with Crippen molar-refractivity contribution in [2.45, 2.75) is 58.6 Å². The van der Waals surface area contributed by atoms with Crippen LogP contribution < -0.4 is 21.1 Å². The first kappa shape index (κ1) is 37.9. The Kier molecular flexibility index (Phi) is 9.61. The van der Waals surface area contributed by atoms with Crippen LogP contribution in [-0.4, -0.2) is 70.4 Å². The number of aryl methyl sites for hydroxylation is 2. The number of fused-ring (bicyclic) bond motifs is 4. The summed E-state index contributed by atoms with van der Waals surface area (Å²) in [4.78, 5) is 48.8. The van der Waals surface area contributed by atoms with Gasteiger partial charge in [0.2, 0.25) is 5.95 Å². The van der Waals surface area contributed by atoms with Crippen LogP contribution in [0.2, 0.25) is 0 Å². The van der Waals surface area contributed by atoms with E-state index in [1.807, 2.05) is 29.7 Å². The molecule has 2 aliphatic heterocycles. The minimum Gasteiger partial charge on any atom is -0.406 e. The van der Waals surface area contributed by atoms with Gasteiger partial charge < -0.3 is 24.8 Å². The fraction of sp³-hybridized carbons (Fsp3) is 0.286. The largest absolute Gasteiger partial charge is 0.573 e. The van der Waals surface area contributed by atoms with Gasteiger partial charge in [0, 0.05) is 41.1 Å². The molecular formula is C42H38F4N10O3. The number of amides is 1. The number of halogens is 4. The zero-order valence-electron chi connectivity index (χ0n) is 32.1. The third kappa shape index (κ3) is 7.26. The van der Waals surface area contributed by atoms with Crippen molar-refractivity contribution in [3.63, 3.8) is 0 Å². The molecule has 0 saturated carbocycles. The highest BCUT2D eigenvalue weighted by Crippen LogP contribution is 2.33. The van der Waals surface area contributed by atoms with Gasteiger partial charge in [0.05, 0.1) is 30.7 Å². The summed E-state index contributed by atoms with van der Waals surface area (Å²) >= 11 is 0. The maximum absolute atomic E-state index is 15.1. The summed E-state index contributed by atoms with van der Waals surface area (Å²) < 4.78 is 62.3. The molecule has 0 atom stereocenters. The number of piperidine rings is 1. The van der Waals surface area contributed by atoms with Crippen LogP contribution in [0.1, 0.15) is 57.5 Å². The molecule has 59 heavy (non-hydrogen) atoms. The molecule has 2 N–H and O–H groups in total. The van der Waals surface area contributed by atoms with Crippen LogP contribution >= 0.6 is 0 Å². The third-order valence-electron chi connectivity index (χ3n) is 11.0. The lowest BCUT2D eigenvalue weighted by Gasteiger charge is -2.28. The number of nitrogens with one attached hydrogen (secondary N) is 2. The number of benzene rings is 2. The minimum atomic E-state index is -4.82. The second-order valence-corrected chi connectivity index (χ2v) is 14.8. The highest BCUT2D eigenvalue weighted by molar-refractivity contribution is 5.93. The van der Waals surface area contributed by atoms with Crippen LogP contribution in [0.3, 0.4) is 0 Å². The topological polar surface area (TPSA) is 137 Å². The van der Waals surface area contributed by atoms with Crippen LogP contribution in [0.4, 0.5) is 29.2 Å².